The lowest BCUT2D eigenvalue weighted by atomic mass is 10.2. The maximum Gasteiger partial charge on any atom is 0.269 e. The van der Waals surface area contributed by atoms with Gasteiger partial charge in [-0.3, -0.25) is 10.1 Å². The Morgan fingerprint density at radius 2 is 2.00 bits per heavy atom. The van der Waals surface area contributed by atoms with E-state index in [1.807, 2.05) is 31.2 Å². The number of thioether (sulfide) groups is 1. The molecule has 3 aromatic rings. The fourth-order valence-corrected chi connectivity index (χ4v) is 3.75. The zero-order valence-corrected chi connectivity index (χ0v) is 14.4. The van der Waals surface area contributed by atoms with Crippen molar-refractivity contribution in [3.8, 4) is 0 Å². The maximum atomic E-state index is 10.6. The van der Waals surface area contributed by atoms with E-state index in [4.69, 9.17) is 0 Å². The number of rotatable bonds is 6. The van der Waals surface area contributed by atoms with E-state index < -0.39 is 4.92 Å². The first-order valence-corrected chi connectivity index (χ1v) is 8.94. The third kappa shape index (κ3) is 4.30. The molecule has 0 bridgehead atoms. The Balaban J connectivity index is 1.58. The molecule has 0 radical (unpaired) electrons. The van der Waals surface area contributed by atoms with E-state index in [0.717, 1.165) is 20.7 Å². The summed E-state index contributed by atoms with van der Waals surface area (Å²) in [6, 6.07) is 14.6. The minimum atomic E-state index is -0.398. The van der Waals surface area contributed by atoms with E-state index in [0.29, 0.717) is 5.75 Å². The summed E-state index contributed by atoms with van der Waals surface area (Å²) < 4.78 is 0.850. The predicted octanol–water partition coefficient (Wildman–Crippen LogP) is 4.79. The minimum Gasteiger partial charge on any atom is -0.330 e. The van der Waals surface area contributed by atoms with Crippen LogP contribution in [0, 0.1) is 17.0 Å². The molecule has 0 amide bonds. The predicted molar refractivity (Wildman–Crippen MR) is 97.0 cm³/mol. The van der Waals surface area contributed by atoms with Gasteiger partial charge < -0.3 is 5.32 Å². The number of non-ortho nitro benzene ring substituents is 1. The van der Waals surface area contributed by atoms with Crippen LogP contribution in [0.5, 0.6) is 0 Å². The molecule has 0 atom stereocenters. The highest BCUT2D eigenvalue weighted by Gasteiger charge is 2.07. The molecule has 122 valence electrons. The average molecular weight is 358 g/mol. The molecule has 1 aromatic heterocycles. The first-order chi connectivity index (χ1) is 11.6. The number of anilines is 2. The average Bonchev–Trinajstić information content (AvgIpc) is 3.01. The second-order valence-corrected chi connectivity index (χ2v) is 7.28. The Morgan fingerprint density at radius 3 is 2.71 bits per heavy atom. The summed E-state index contributed by atoms with van der Waals surface area (Å²) in [6.45, 7) is 2.04. The van der Waals surface area contributed by atoms with E-state index in [-0.39, 0.29) is 5.69 Å². The summed E-state index contributed by atoms with van der Waals surface area (Å²) in [5.74, 6) is 0.692. The van der Waals surface area contributed by atoms with E-state index in [9.17, 15) is 10.1 Å². The van der Waals surface area contributed by atoms with Gasteiger partial charge in [-0.25, -0.2) is 0 Å². The van der Waals surface area contributed by atoms with Gasteiger partial charge in [-0.05, 0) is 30.2 Å². The third-order valence-corrected chi connectivity index (χ3v) is 5.23. The van der Waals surface area contributed by atoms with Gasteiger partial charge in [-0.15, -0.1) is 10.2 Å². The highest BCUT2D eigenvalue weighted by molar-refractivity contribution is 8.00. The molecule has 0 spiro atoms. The Bertz CT molecular complexity index is 849. The summed E-state index contributed by atoms with van der Waals surface area (Å²) in [5, 5.41) is 22.9. The van der Waals surface area contributed by atoms with E-state index >= 15 is 0 Å². The molecule has 0 saturated carbocycles. The SMILES string of the molecule is Cc1cccc(Nc2nnc(SCc3ccc([N+](=O)[O-])cc3)s2)c1. The van der Waals surface area contributed by atoms with Gasteiger partial charge in [0.25, 0.3) is 5.69 Å². The molecule has 24 heavy (non-hydrogen) atoms. The van der Waals surface area contributed by atoms with Crippen LogP contribution in [-0.4, -0.2) is 15.1 Å². The van der Waals surface area contributed by atoms with Gasteiger partial charge in [0, 0.05) is 23.6 Å². The van der Waals surface area contributed by atoms with Gasteiger partial charge in [0.1, 0.15) is 0 Å². The van der Waals surface area contributed by atoms with Crippen LogP contribution in [-0.2, 0) is 5.75 Å². The van der Waals surface area contributed by atoms with Gasteiger partial charge in [0.05, 0.1) is 4.92 Å². The monoisotopic (exact) mass is 358 g/mol. The number of benzene rings is 2. The topological polar surface area (TPSA) is 81.0 Å². The summed E-state index contributed by atoms with van der Waals surface area (Å²) in [6.07, 6.45) is 0. The standard InChI is InChI=1S/C16H14N4O2S2/c1-11-3-2-4-13(9-11)17-15-18-19-16(24-15)23-10-12-5-7-14(8-6-12)20(21)22/h2-9H,10H2,1H3,(H,17,18). The molecule has 0 aliphatic rings. The number of hydrogen-bond donors (Lipinski definition) is 1. The summed E-state index contributed by atoms with van der Waals surface area (Å²) in [7, 11) is 0. The van der Waals surface area contributed by atoms with Crippen LogP contribution in [0.4, 0.5) is 16.5 Å². The van der Waals surface area contributed by atoms with Gasteiger partial charge in [0.15, 0.2) is 4.34 Å². The van der Waals surface area contributed by atoms with Crippen molar-refractivity contribution in [2.45, 2.75) is 17.0 Å². The molecular weight excluding hydrogens is 344 g/mol. The number of nitrogens with one attached hydrogen (secondary N) is 1. The minimum absolute atomic E-state index is 0.101. The van der Waals surface area contributed by atoms with Crippen LogP contribution >= 0.6 is 23.1 Å². The Labute approximate surface area is 147 Å². The van der Waals surface area contributed by atoms with Crippen LogP contribution in [0.2, 0.25) is 0 Å². The lowest BCUT2D eigenvalue weighted by Crippen LogP contribution is -1.89. The van der Waals surface area contributed by atoms with E-state index in [1.54, 1.807) is 23.9 Å². The van der Waals surface area contributed by atoms with Crippen molar-refractivity contribution in [1.82, 2.24) is 10.2 Å². The summed E-state index contributed by atoms with van der Waals surface area (Å²) in [4.78, 5) is 10.2. The molecule has 1 N–H and O–H groups in total. The molecule has 1 heterocycles. The van der Waals surface area contributed by atoms with Crippen LogP contribution in [0.15, 0.2) is 52.9 Å². The van der Waals surface area contributed by atoms with Crippen LogP contribution in [0.1, 0.15) is 11.1 Å². The highest BCUT2D eigenvalue weighted by Crippen LogP contribution is 2.30. The normalized spacial score (nSPS) is 10.5. The van der Waals surface area contributed by atoms with E-state index in [1.165, 1.54) is 29.0 Å². The molecule has 8 heteroatoms. The van der Waals surface area contributed by atoms with Crippen molar-refractivity contribution in [3.63, 3.8) is 0 Å². The van der Waals surface area contributed by atoms with Crippen molar-refractivity contribution in [2.75, 3.05) is 5.32 Å². The molecule has 0 unspecified atom stereocenters. The number of nitrogens with zero attached hydrogens (tertiary/aromatic N) is 3. The van der Waals surface area contributed by atoms with Gasteiger partial charge >= 0.3 is 0 Å². The maximum absolute atomic E-state index is 10.6. The van der Waals surface area contributed by atoms with Crippen molar-refractivity contribution >= 4 is 39.6 Å². The molecule has 6 nitrogen and oxygen atoms in total. The summed E-state index contributed by atoms with van der Waals surface area (Å²) >= 11 is 3.04. The van der Waals surface area contributed by atoms with Gasteiger partial charge in [-0.1, -0.05) is 47.4 Å². The number of nitro groups is 1. The lowest BCUT2D eigenvalue weighted by Gasteiger charge is -2.02. The van der Waals surface area contributed by atoms with Crippen LogP contribution < -0.4 is 5.32 Å². The molecule has 0 saturated heterocycles. The molecule has 0 aliphatic carbocycles. The zero-order valence-electron chi connectivity index (χ0n) is 12.8. The van der Waals surface area contributed by atoms with Crippen molar-refractivity contribution < 1.29 is 4.92 Å². The molecular formula is C16H14N4O2S2. The van der Waals surface area contributed by atoms with Crippen LogP contribution in [0.3, 0.4) is 0 Å². The van der Waals surface area contributed by atoms with Gasteiger partial charge in [-0.2, -0.15) is 0 Å². The first kappa shape index (κ1) is 16.4. The molecule has 0 fully saturated rings. The third-order valence-electron chi connectivity index (χ3n) is 3.19. The Kier molecular flexibility index (Phi) is 5.07. The fourth-order valence-electron chi connectivity index (χ4n) is 2.02. The Hall–Kier alpha value is -2.45. The van der Waals surface area contributed by atoms with Crippen LogP contribution in [0.25, 0.3) is 0 Å². The molecule has 0 aliphatic heterocycles. The van der Waals surface area contributed by atoms with Crippen molar-refractivity contribution in [2.24, 2.45) is 0 Å². The Morgan fingerprint density at radius 1 is 1.21 bits per heavy atom. The second-order valence-electron chi connectivity index (χ2n) is 5.08. The van der Waals surface area contributed by atoms with Crippen molar-refractivity contribution in [1.29, 1.82) is 0 Å². The number of aromatic nitrogens is 2. The number of aryl methyl sites for hydroxylation is 1. The fraction of sp³-hybridized carbons (Fsp3) is 0.125. The summed E-state index contributed by atoms with van der Waals surface area (Å²) in [5.41, 5.74) is 3.27. The molecule has 3 rings (SSSR count). The largest absolute Gasteiger partial charge is 0.330 e. The van der Waals surface area contributed by atoms with Crippen molar-refractivity contribution in [3.05, 3.63) is 69.8 Å². The molecule has 2 aromatic carbocycles. The quantitative estimate of drug-likeness (QED) is 0.387. The number of nitro benzene ring substituents is 1. The van der Waals surface area contributed by atoms with E-state index in [2.05, 4.69) is 15.5 Å². The second kappa shape index (κ2) is 7.41. The highest BCUT2D eigenvalue weighted by atomic mass is 32.2. The number of hydrogen-bond acceptors (Lipinski definition) is 7. The zero-order chi connectivity index (χ0) is 16.9. The van der Waals surface area contributed by atoms with Gasteiger partial charge in [0.2, 0.25) is 5.13 Å². The first-order valence-electron chi connectivity index (χ1n) is 7.13. The lowest BCUT2D eigenvalue weighted by molar-refractivity contribution is -0.384. The smallest absolute Gasteiger partial charge is 0.269 e.